The van der Waals surface area contributed by atoms with Gasteiger partial charge in [-0.2, -0.15) is 5.10 Å². The summed E-state index contributed by atoms with van der Waals surface area (Å²) in [4.78, 5) is 0. The van der Waals surface area contributed by atoms with E-state index in [4.69, 9.17) is 5.10 Å². The van der Waals surface area contributed by atoms with Crippen molar-refractivity contribution in [2.24, 2.45) is 0 Å². The van der Waals surface area contributed by atoms with Gasteiger partial charge in [0.05, 0.1) is 5.69 Å². The Morgan fingerprint density at radius 1 is 1.50 bits per heavy atom. The highest BCUT2D eigenvalue weighted by molar-refractivity contribution is 5.34. The molecule has 2 nitrogen and oxygen atoms in total. The van der Waals surface area contributed by atoms with Crippen molar-refractivity contribution in [3.8, 4) is 0 Å². The number of hydrogen-bond acceptors (Lipinski definition) is 1. The van der Waals surface area contributed by atoms with Crippen LogP contribution in [-0.2, 0) is 5.41 Å². The molecular weight excluding hydrogens is 172 g/mol. The minimum Gasteiger partial charge on any atom is -0.270 e. The number of aromatic nitrogens is 2. The fourth-order valence-corrected chi connectivity index (χ4v) is 2.53. The predicted molar refractivity (Wildman–Crippen MR) is 58.7 cm³/mol. The second-order valence-electron chi connectivity index (χ2n) is 5.50. The van der Waals surface area contributed by atoms with E-state index in [0.29, 0.717) is 12.0 Å². The highest BCUT2D eigenvalue weighted by Gasteiger charge is 2.37. The Labute approximate surface area is 86.3 Å². The van der Waals surface area contributed by atoms with Gasteiger partial charge >= 0.3 is 0 Å². The molecule has 1 aromatic rings. The number of nitrogens with zero attached hydrogens (tertiary/aromatic N) is 2. The minimum absolute atomic E-state index is 0.273. The van der Waals surface area contributed by atoms with Crippen LogP contribution in [0.3, 0.4) is 0 Å². The van der Waals surface area contributed by atoms with Gasteiger partial charge in [0.25, 0.3) is 0 Å². The van der Waals surface area contributed by atoms with Gasteiger partial charge in [-0.05, 0) is 31.7 Å². The quantitative estimate of drug-likeness (QED) is 0.668. The van der Waals surface area contributed by atoms with E-state index in [-0.39, 0.29) is 5.41 Å². The monoisotopic (exact) mass is 192 g/mol. The van der Waals surface area contributed by atoms with Gasteiger partial charge in [0, 0.05) is 17.7 Å². The van der Waals surface area contributed by atoms with Gasteiger partial charge in [0.2, 0.25) is 0 Å². The summed E-state index contributed by atoms with van der Waals surface area (Å²) in [5.74, 6) is 0.674. The van der Waals surface area contributed by atoms with Gasteiger partial charge in [0.15, 0.2) is 0 Å². The zero-order valence-electron chi connectivity index (χ0n) is 9.83. The summed E-state index contributed by atoms with van der Waals surface area (Å²) in [6, 6.07) is 0.476. The maximum Gasteiger partial charge on any atom is 0.0715 e. The molecule has 0 amide bonds. The van der Waals surface area contributed by atoms with Crippen molar-refractivity contribution in [1.82, 2.24) is 9.78 Å². The third-order valence-electron chi connectivity index (χ3n) is 3.28. The molecule has 78 valence electrons. The van der Waals surface area contributed by atoms with E-state index < -0.39 is 0 Å². The lowest BCUT2D eigenvalue weighted by atomic mass is 9.89. The molecule has 0 radical (unpaired) electrons. The molecule has 0 spiro atoms. The van der Waals surface area contributed by atoms with E-state index in [2.05, 4.69) is 45.5 Å². The Bertz CT molecular complexity index is 347. The van der Waals surface area contributed by atoms with E-state index in [0.717, 1.165) is 0 Å². The van der Waals surface area contributed by atoms with Gasteiger partial charge in [-0.1, -0.05) is 20.8 Å². The third kappa shape index (κ3) is 1.28. The molecule has 1 heterocycles. The van der Waals surface area contributed by atoms with Gasteiger partial charge < -0.3 is 0 Å². The molecule has 0 saturated heterocycles. The molecule has 2 rings (SSSR count). The smallest absolute Gasteiger partial charge is 0.0715 e. The highest BCUT2D eigenvalue weighted by Crippen LogP contribution is 2.44. The third-order valence-corrected chi connectivity index (χ3v) is 3.28. The van der Waals surface area contributed by atoms with Crippen molar-refractivity contribution in [3.63, 3.8) is 0 Å². The van der Waals surface area contributed by atoms with Crippen molar-refractivity contribution in [2.75, 3.05) is 0 Å². The first-order chi connectivity index (χ1) is 6.42. The predicted octanol–water partition coefficient (Wildman–Crippen LogP) is 3.25. The van der Waals surface area contributed by atoms with Crippen LogP contribution in [0.1, 0.15) is 64.3 Å². The molecule has 1 aromatic heterocycles. The van der Waals surface area contributed by atoms with Crippen molar-refractivity contribution < 1.29 is 0 Å². The fraction of sp³-hybridized carbons (Fsp3) is 0.750. The lowest BCUT2D eigenvalue weighted by Gasteiger charge is -2.17. The molecule has 0 fully saturated rings. The van der Waals surface area contributed by atoms with Crippen molar-refractivity contribution in [3.05, 3.63) is 17.5 Å². The molecule has 14 heavy (non-hydrogen) atoms. The molecule has 1 aliphatic carbocycles. The molecule has 2 heteroatoms. The van der Waals surface area contributed by atoms with Crippen LogP contribution in [0.15, 0.2) is 6.20 Å². The molecule has 1 aliphatic rings. The average molecular weight is 192 g/mol. The second kappa shape index (κ2) is 2.85. The van der Waals surface area contributed by atoms with Gasteiger partial charge in [-0.15, -0.1) is 0 Å². The van der Waals surface area contributed by atoms with Crippen molar-refractivity contribution in [1.29, 1.82) is 0 Å². The Kier molecular flexibility index (Phi) is 1.98. The first kappa shape index (κ1) is 9.75. The minimum atomic E-state index is 0.273. The largest absolute Gasteiger partial charge is 0.270 e. The molecule has 0 bridgehead atoms. The molecule has 1 unspecified atom stereocenters. The zero-order chi connectivity index (χ0) is 10.5. The van der Waals surface area contributed by atoms with Crippen LogP contribution in [0.5, 0.6) is 0 Å². The van der Waals surface area contributed by atoms with Crippen molar-refractivity contribution in [2.45, 2.75) is 58.4 Å². The maximum absolute atomic E-state index is 4.71. The van der Waals surface area contributed by atoms with Gasteiger partial charge in [-0.3, -0.25) is 4.68 Å². The Morgan fingerprint density at radius 2 is 2.14 bits per heavy atom. The lowest BCUT2D eigenvalue weighted by molar-refractivity contribution is 0.445. The number of rotatable bonds is 1. The van der Waals surface area contributed by atoms with Crippen LogP contribution in [0.4, 0.5) is 0 Å². The van der Waals surface area contributed by atoms with Crippen LogP contribution < -0.4 is 0 Å². The average Bonchev–Trinajstić information content (AvgIpc) is 2.53. The van der Waals surface area contributed by atoms with Crippen LogP contribution in [0.25, 0.3) is 0 Å². The fourth-order valence-electron chi connectivity index (χ4n) is 2.53. The Morgan fingerprint density at radius 3 is 2.64 bits per heavy atom. The van der Waals surface area contributed by atoms with E-state index in [1.807, 2.05) is 0 Å². The topological polar surface area (TPSA) is 17.8 Å². The van der Waals surface area contributed by atoms with Crippen molar-refractivity contribution >= 4 is 0 Å². The molecule has 0 N–H and O–H groups in total. The summed E-state index contributed by atoms with van der Waals surface area (Å²) < 4.78 is 2.10. The second-order valence-corrected chi connectivity index (χ2v) is 5.50. The standard InChI is InChI=1S/C12H20N2/c1-8(2)14-7-10-9(3)6-12(4,5)11(10)13-14/h7-9H,6H2,1-5H3. The summed E-state index contributed by atoms with van der Waals surface area (Å²) >= 11 is 0. The summed E-state index contributed by atoms with van der Waals surface area (Å²) in [6.45, 7) is 11.3. The van der Waals surface area contributed by atoms with Crippen LogP contribution in [0.2, 0.25) is 0 Å². The van der Waals surface area contributed by atoms with Gasteiger partial charge in [-0.25, -0.2) is 0 Å². The molecule has 0 aliphatic heterocycles. The first-order valence-corrected chi connectivity index (χ1v) is 5.51. The van der Waals surface area contributed by atoms with Crippen LogP contribution in [-0.4, -0.2) is 9.78 Å². The number of fused-ring (bicyclic) bond motifs is 1. The zero-order valence-corrected chi connectivity index (χ0v) is 9.83. The first-order valence-electron chi connectivity index (χ1n) is 5.51. The molecule has 0 saturated carbocycles. The Hall–Kier alpha value is -0.790. The lowest BCUT2D eigenvalue weighted by Crippen LogP contribution is -2.15. The Balaban J connectivity index is 2.48. The molecule has 1 atom stereocenters. The highest BCUT2D eigenvalue weighted by atomic mass is 15.3. The summed E-state index contributed by atoms with van der Waals surface area (Å²) in [5.41, 5.74) is 3.05. The SMILES string of the molecule is CC1CC(C)(C)c2nn(C(C)C)cc21. The van der Waals surface area contributed by atoms with Crippen LogP contribution >= 0.6 is 0 Å². The summed E-state index contributed by atoms with van der Waals surface area (Å²) in [6.07, 6.45) is 3.48. The molecular formula is C12H20N2. The van der Waals surface area contributed by atoms with E-state index >= 15 is 0 Å². The van der Waals surface area contributed by atoms with E-state index in [1.165, 1.54) is 17.7 Å². The molecule has 0 aromatic carbocycles. The number of hydrogen-bond donors (Lipinski definition) is 0. The summed E-state index contributed by atoms with van der Waals surface area (Å²) in [7, 11) is 0. The normalized spacial score (nSPS) is 24.3. The van der Waals surface area contributed by atoms with E-state index in [1.54, 1.807) is 0 Å². The maximum atomic E-state index is 4.71. The summed E-state index contributed by atoms with van der Waals surface area (Å²) in [5, 5.41) is 4.71. The van der Waals surface area contributed by atoms with Crippen LogP contribution in [0, 0.1) is 0 Å². The van der Waals surface area contributed by atoms with E-state index in [9.17, 15) is 0 Å². The van der Waals surface area contributed by atoms with Gasteiger partial charge in [0.1, 0.15) is 0 Å².